The third kappa shape index (κ3) is 4.35. The molecule has 0 radical (unpaired) electrons. The van der Waals surface area contributed by atoms with Crippen LogP contribution in [0.1, 0.15) is 24.5 Å². The van der Waals surface area contributed by atoms with E-state index in [2.05, 4.69) is 24.4 Å². The molecule has 0 amide bonds. The Kier molecular flexibility index (Phi) is 5.56. The van der Waals surface area contributed by atoms with Crippen LogP contribution < -0.4 is 10.1 Å². The number of benzene rings is 2. The van der Waals surface area contributed by atoms with Gasteiger partial charge < -0.3 is 10.1 Å². The number of nitrogens with one attached hydrogen (secondary N) is 1. The van der Waals surface area contributed by atoms with Gasteiger partial charge in [-0.25, -0.2) is 4.39 Å². The number of para-hydroxylation sites is 1. The summed E-state index contributed by atoms with van der Waals surface area (Å²) >= 11 is 0. The molecule has 3 heteroatoms. The Morgan fingerprint density at radius 3 is 2.65 bits per heavy atom. The van der Waals surface area contributed by atoms with E-state index < -0.39 is 0 Å². The SMILES string of the molecule is CCCNCc1cccc(COc2ccccc2F)c1. The van der Waals surface area contributed by atoms with Crippen molar-refractivity contribution in [2.45, 2.75) is 26.5 Å². The summed E-state index contributed by atoms with van der Waals surface area (Å²) in [4.78, 5) is 0. The van der Waals surface area contributed by atoms with Crippen molar-refractivity contribution in [2.75, 3.05) is 6.54 Å². The Morgan fingerprint density at radius 1 is 1.05 bits per heavy atom. The zero-order chi connectivity index (χ0) is 14.2. The van der Waals surface area contributed by atoms with Crippen LogP contribution >= 0.6 is 0 Å². The minimum Gasteiger partial charge on any atom is -0.486 e. The van der Waals surface area contributed by atoms with Crippen molar-refractivity contribution in [3.05, 3.63) is 65.5 Å². The van der Waals surface area contributed by atoms with Crippen molar-refractivity contribution in [3.8, 4) is 5.75 Å². The maximum Gasteiger partial charge on any atom is 0.165 e. The summed E-state index contributed by atoms with van der Waals surface area (Å²) in [5, 5.41) is 3.36. The molecule has 0 spiro atoms. The normalized spacial score (nSPS) is 10.5. The molecule has 0 bridgehead atoms. The van der Waals surface area contributed by atoms with Crippen molar-refractivity contribution < 1.29 is 9.13 Å². The van der Waals surface area contributed by atoms with Gasteiger partial charge in [0.2, 0.25) is 0 Å². The lowest BCUT2D eigenvalue weighted by atomic mass is 10.1. The van der Waals surface area contributed by atoms with Crippen LogP contribution in [-0.2, 0) is 13.2 Å². The molecule has 2 nitrogen and oxygen atoms in total. The van der Waals surface area contributed by atoms with E-state index in [9.17, 15) is 4.39 Å². The zero-order valence-electron chi connectivity index (χ0n) is 11.7. The molecular formula is C17H20FNO. The van der Waals surface area contributed by atoms with Gasteiger partial charge in [0, 0.05) is 6.54 Å². The number of rotatable bonds is 7. The molecule has 0 aliphatic heterocycles. The molecule has 0 fully saturated rings. The lowest BCUT2D eigenvalue weighted by Crippen LogP contribution is -2.13. The largest absolute Gasteiger partial charge is 0.486 e. The van der Waals surface area contributed by atoms with Crippen LogP contribution in [-0.4, -0.2) is 6.54 Å². The minimum atomic E-state index is -0.326. The quantitative estimate of drug-likeness (QED) is 0.772. The minimum absolute atomic E-state index is 0.294. The van der Waals surface area contributed by atoms with Gasteiger partial charge in [-0.1, -0.05) is 43.3 Å². The van der Waals surface area contributed by atoms with E-state index >= 15 is 0 Å². The summed E-state index contributed by atoms with van der Waals surface area (Å²) in [7, 11) is 0. The van der Waals surface area contributed by atoms with Crippen LogP contribution in [0.25, 0.3) is 0 Å². The van der Waals surface area contributed by atoms with E-state index in [0.717, 1.165) is 25.1 Å². The molecule has 0 aliphatic carbocycles. The van der Waals surface area contributed by atoms with Crippen molar-refractivity contribution >= 4 is 0 Å². The van der Waals surface area contributed by atoms with Crippen LogP contribution in [0.3, 0.4) is 0 Å². The molecule has 0 heterocycles. The second kappa shape index (κ2) is 7.65. The van der Waals surface area contributed by atoms with Gasteiger partial charge in [0.15, 0.2) is 11.6 Å². The Morgan fingerprint density at radius 2 is 1.85 bits per heavy atom. The summed E-state index contributed by atoms with van der Waals surface area (Å²) in [6, 6.07) is 14.6. The average Bonchev–Trinajstić information content (AvgIpc) is 2.47. The zero-order valence-corrected chi connectivity index (χ0v) is 11.7. The molecular weight excluding hydrogens is 253 g/mol. The molecule has 0 unspecified atom stereocenters. The first kappa shape index (κ1) is 14.5. The van der Waals surface area contributed by atoms with Gasteiger partial charge in [0.1, 0.15) is 6.61 Å². The van der Waals surface area contributed by atoms with Gasteiger partial charge in [-0.05, 0) is 36.2 Å². The molecule has 1 N–H and O–H groups in total. The maximum atomic E-state index is 13.4. The Balaban J connectivity index is 1.93. The smallest absolute Gasteiger partial charge is 0.165 e. The number of hydrogen-bond donors (Lipinski definition) is 1. The first-order valence-electron chi connectivity index (χ1n) is 6.95. The molecule has 0 saturated heterocycles. The highest BCUT2D eigenvalue weighted by Crippen LogP contribution is 2.17. The Labute approximate surface area is 119 Å². The van der Waals surface area contributed by atoms with Crippen molar-refractivity contribution in [2.24, 2.45) is 0 Å². The summed E-state index contributed by atoms with van der Waals surface area (Å²) in [6.45, 7) is 4.38. The third-order valence-corrected chi connectivity index (χ3v) is 2.98. The fraction of sp³-hybridized carbons (Fsp3) is 0.294. The lowest BCUT2D eigenvalue weighted by Gasteiger charge is -2.09. The molecule has 0 saturated carbocycles. The molecule has 106 valence electrons. The van der Waals surface area contributed by atoms with Gasteiger partial charge in [-0.15, -0.1) is 0 Å². The number of ether oxygens (including phenoxy) is 1. The van der Waals surface area contributed by atoms with Gasteiger partial charge in [0.25, 0.3) is 0 Å². The molecule has 0 aromatic heterocycles. The molecule has 2 aromatic rings. The second-order valence-corrected chi connectivity index (χ2v) is 4.72. The number of halogens is 1. The fourth-order valence-electron chi connectivity index (χ4n) is 1.96. The van der Waals surface area contributed by atoms with E-state index in [0.29, 0.717) is 12.4 Å². The van der Waals surface area contributed by atoms with Crippen LogP contribution in [0.5, 0.6) is 5.75 Å². The Bertz CT molecular complexity index is 542. The van der Waals surface area contributed by atoms with Gasteiger partial charge >= 0.3 is 0 Å². The predicted molar refractivity (Wildman–Crippen MR) is 79.2 cm³/mol. The second-order valence-electron chi connectivity index (χ2n) is 4.72. The van der Waals surface area contributed by atoms with Crippen LogP contribution in [0.15, 0.2) is 48.5 Å². The first-order valence-corrected chi connectivity index (χ1v) is 6.95. The number of hydrogen-bond acceptors (Lipinski definition) is 2. The topological polar surface area (TPSA) is 21.3 Å². The van der Waals surface area contributed by atoms with E-state index in [1.54, 1.807) is 18.2 Å². The predicted octanol–water partition coefficient (Wildman–Crippen LogP) is 3.90. The molecule has 0 aliphatic rings. The van der Waals surface area contributed by atoms with E-state index in [-0.39, 0.29) is 5.82 Å². The molecule has 20 heavy (non-hydrogen) atoms. The van der Waals surface area contributed by atoms with Crippen molar-refractivity contribution in [1.29, 1.82) is 0 Å². The van der Waals surface area contributed by atoms with E-state index in [1.165, 1.54) is 11.6 Å². The summed E-state index contributed by atoms with van der Waals surface area (Å²) in [5.74, 6) is -0.0321. The maximum absolute atomic E-state index is 13.4. The highest BCUT2D eigenvalue weighted by molar-refractivity contribution is 5.26. The lowest BCUT2D eigenvalue weighted by molar-refractivity contribution is 0.290. The third-order valence-electron chi connectivity index (χ3n) is 2.98. The van der Waals surface area contributed by atoms with E-state index in [1.807, 2.05) is 12.1 Å². The van der Waals surface area contributed by atoms with Crippen molar-refractivity contribution in [1.82, 2.24) is 5.32 Å². The highest BCUT2D eigenvalue weighted by atomic mass is 19.1. The summed E-state index contributed by atoms with van der Waals surface area (Å²) in [6.07, 6.45) is 1.12. The van der Waals surface area contributed by atoms with Gasteiger partial charge in [-0.2, -0.15) is 0 Å². The monoisotopic (exact) mass is 273 g/mol. The average molecular weight is 273 g/mol. The Hall–Kier alpha value is -1.87. The van der Waals surface area contributed by atoms with Crippen LogP contribution in [0, 0.1) is 5.82 Å². The summed E-state index contributed by atoms with van der Waals surface area (Å²) < 4.78 is 19.0. The first-order chi connectivity index (χ1) is 9.79. The van der Waals surface area contributed by atoms with Crippen LogP contribution in [0.4, 0.5) is 4.39 Å². The fourth-order valence-corrected chi connectivity index (χ4v) is 1.96. The van der Waals surface area contributed by atoms with Gasteiger partial charge in [-0.3, -0.25) is 0 Å². The summed E-state index contributed by atoms with van der Waals surface area (Å²) in [5.41, 5.74) is 2.26. The standard InChI is InChI=1S/C17H20FNO/c1-2-10-19-12-14-6-5-7-15(11-14)13-20-17-9-4-3-8-16(17)18/h3-9,11,19H,2,10,12-13H2,1H3. The molecule has 2 aromatic carbocycles. The van der Waals surface area contributed by atoms with E-state index in [4.69, 9.17) is 4.74 Å². The van der Waals surface area contributed by atoms with Crippen LogP contribution in [0.2, 0.25) is 0 Å². The van der Waals surface area contributed by atoms with Crippen molar-refractivity contribution in [3.63, 3.8) is 0 Å². The highest BCUT2D eigenvalue weighted by Gasteiger charge is 2.02. The molecule has 0 atom stereocenters. The molecule has 2 rings (SSSR count). The van der Waals surface area contributed by atoms with Gasteiger partial charge in [0.05, 0.1) is 0 Å².